The van der Waals surface area contributed by atoms with Gasteiger partial charge < -0.3 is 5.11 Å². The van der Waals surface area contributed by atoms with Crippen LogP contribution >= 0.6 is 0 Å². The number of aliphatic hydroxyl groups is 1. The predicted molar refractivity (Wildman–Crippen MR) is 68.0 cm³/mol. The summed E-state index contributed by atoms with van der Waals surface area (Å²) in [6.07, 6.45) is 0. The van der Waals surface area contributed by atoms with Crippen molar-refractivity contribution in [3.8, 4) is 0 Å². The molecule has 0 rings (SSSR count). The number of hydrogen-bond donors (Lipinski definition) is 1. The lowest BCUT2D eigenvalue weighted by molar-refractivity contribution is 0.228. The molecular weight excluding hydrogens is 184 g/mol. The van der Waals surface area contributed by atoms with E-state index >= 15 is 0 Å². The molecule has 0 aliphatic carbocycles. The molecule has 0 aliphatic heterocycles. The van der Waals surface area contributed by atoms with Crippen molar-refractivity contribution >= 4 is 0 Å². The molecule has 1 nitrogen and oxygen atoms in total. The Kier molecular flexibility index (Phi) is 3.72. The lowest BCUT2D eigenvalue weighted by Gasteiger charge is -2.37. The molecule has 0 amide bonds. The molecule has 0 aliphatic rings. The van der Waals surface area contributed by atoms with Gasteiger partial charge in [0.2, 0.25) is 0 Å². The molecule has 0 bridgehead atoms. The van der Waals surface area contributed by atoms with E-state index in [1.807, 2.05) is 0 Å². The maximum Gasteiger partial charge on any atom is 0.0978 e. The van der Waals surface area contributed by atoms with Gasteiger partial charge in [0.05, 0.1) is 5.76 Å². The lowest BCUT2D eigenvalue weighted by atomic mass is 9.68. The Hall–Kier alpha value is -0.460. The van der Waals surface area contributed by atoms with Crippen molar-refractivity contribution in [2.24, 2.45) is 16.2 Å². The van der Waals surface area contributed by atoms with Crippen molar-refractivity contribution in [3.63, 3.8) is 0 Å². The first-order valence-electron chi connectivity index (χ1n) is 5.72. The molecule has 0 saturated heterocycles. The number of aliphatic hydroxyl groups excluding tert-OH is 1. The summed E-state index contributed by atoms with van der Waals surface area (Å²) in [7, 11) is 0. The first-order valence-corrected chi connectivity index (χ1v) is 5.72. The van der Waals surface area contributed by atoms with E-state index in [0.717, 1.165) is 5.57 Å². The molecule has 0 heterocycles. The van der Waals surface area contributed by atoms with Crippen LogP contribution in [0.4, 0.5) is 0 Å². The van der Waals surface area contributed by atoms with Crippen LogP contribution in [0.15, 0.2) is 11.3 Å². The maximum absolute atomic E-state index is 10.4. The fourth-order valence-corrected chi connectivity index (χ4v) is 2.21. The van der Waals surface area contributed by atoms with Gasteiger partial charge in [-0.3, -0.25) is 0 Å². The van der Waals surface area contributed by atoms with E-state index in [2.05, 4.69) is 62.3 Å². The Balaban J connectivity index is 5.71. The molecule has 0 spiro atoms. The topological polar surface area (TPSA) is 20.2 Å². The third-order valence-electron chi connectivity index (χ3n) is 2.45. The lowest BCUT2D eigenvalue weighted by Crippen LogP contribution is -2.28. The van der Waals surface area contributed by atoms with Gasteiger partial charge in [-0.1, -0.05) is 62.3 Å². The van der Waals surface area contributed by atoms with Gasteiger partial charge in [-0.2, -0.15) is 0 Å². The van der Waals surface area contributed by atoms with Crippen LogP contribution in [0.25, 0.3) is 0 Å². The Morgan fingerprint density at radius 1 is 0.600 bits per heavy atom. The second-order valence-corrected chi connectivity index (χ2v) is 7.47. The van der Waals surface area contributed by atoms with E-state index in [0.29, 0.717) is 5.76 Å². The molecule has 0 atom stereocenters. The minimum atomic E-state index is -0.171. The Morgan fingerprint density at radius 3 is 0.933 bits per heavy atom. The third-order valence-corrected chi connectivity index (χ3v) is 2.45. The van der Waals surface area contributed by atoms with E-state index in [1.165, 1.54) is 0 Å². The molecule has 0 unspecified atom stereocenters. The molecule has 0 fully saturated rings. The summed E-state index contributed by atoms with van der Waals surface area (Å²) in [5.41, 5.74) is 1.00. The molecule has 0 aromatic rings. The highest BCUT2D eigenvalue weighted by Gasteiger charge is 2.34. The minimum Gasteiger partial charge on any atom is -0.512 e. The summed E-state index contributed by atoms with van der Waals surface area (Å²) >= 11 is 0. The highest BCUT2D eigenvalue weighted by atomic mass is 16.3. The predicted octanol–water partition coefficient (Wildman–Crippen LogP) is 4.94. The van der Waals surface area contributed by atoms with Crippen LogP contribution in [0.2, 0.25) is 0 Å². The second kappa shape index (κ2) is 3.84. The van der Waals surface area contributed by atoms with Crippen molar-refractivity contribution in [3.05, 3.63) is 11.3 Å². The second-order valence-electron chi connectivity index (χ2n) is 7.47. The SMILES string of the molecule is CC(C)(C)C(O)=C(C(C)(C)C)C(C)(C)C. The number of hydrogen-bond acceptors (Lipinski definition) is 1. The van der Waals surface area contributed by atoms with Crippen molar-refractivity contribution < 1.29 is 5.11 Å². The van der Waals surface area contributed by atoms with E-state index in [1.54, 1.807) is 0 Å². The first-order chi connectivity index (χ1) is 6.28. The average molecular weight is 212 g/mol. The molecular formula is C14H28O. The van der Waals surface area contributed by atoms with Gasteiger partial charge in [0, 0.05) is 5.41 Å². The van der Waals surface area contributed by atoms with Gasteiger partial charge in [0.25, 0.3) is 0 Å². The van der Waals surface area contributed by atoms with Crippen LogP contribution in [0.3, 0.4) is 0 Å². The fourth-order valence-electron chi connectivity index (χ4n) is 2.21. The monoisotopic (exact) mass is 212 g/mol. The Morgan fingerprint density at radius 2 is 0.867 bits per heavy atom. The summed E-state index contributed by atoms with van der Waals surface area (Å²) in [6.45, 7) is 19.1. The standard InChI is InChI=1S/C14H28O/c1-12(2,3)10(13(4,5)6)11(15)14(7,8)9/h15H,1-9H3. The van der Waals surface area contributed by atoms with Crippen LogP contribution in [0, 0.1) is 16.2 Å². The van der Waals surface area contributed by atoms with E-state index in [9.17, 15) is 5.11 Å². The molecule has 0 aromatic carbocycles. The van der Waals surface area contributed by atoms with Crippen molar-refractivity contribution in [2.45, 2.75) is 62.3 Å². The van der Waals surface area contributed by atoms with Crippen LogP contribution in [-0.4, -0.2) is 5.11 Å². The summed E-state index contributed by atoms with van der Waals surface area (Å²) in [4.78, 5) is 0. The van der Waals surface area contributed by atoms with E-state index in [-0.39, 0.29) is 16.2 Å². The van der Waals surface area contributed by atoms with E-state index < -0.39 is 0 Å². The van der Waals surface area contributed by atoms with Gasteiger partial charge in [-0.25, -0.2) is 0 Å². The highest BCUT2D eigenvalue weighted by Crippen LogP contribution is 2.44. The molecule has 1 N–H and O–H groups in total. The van der Waals surface area contributed by atoms with Crippen LogP contribution in [-0.2, 0) is 0 Å². The molecule has 0 aromatic heterocycles. The van der Waals surface area contributed by atoms with Crippen molar-refractivity contribution in [1.29, 1.82) is 0 Å². The van der Waals surface area contributed by atoms with Gasteiger partial charge in [0.1, 0.15) is 0 Å². The molecule has 1 heteroatoms. The van der Waals surface area contributed by atoms with Gasteiger partial charge in [-0.05, 0) is 16.4 Å². The number of allylic oxidation sites excluding steroid dienone is 2. The van der Waals surface area contributed by atoms with E-state index in [4.69, 9.17) is 0 Å². The largest absolute Gasteiger partial charge is 0.512 e. The normalized spacial score (nSPS) is 13.9. The molecule has 0 radical (unpaired) electrons. The van der Waals surface area contributed by atoms with Crippen LogP contribution in [0.5, 0.6) is 0 Å². The zero-order valence-electron chi connectivity index (χ0n) is 11.9. The minimum absolute atomic E-state index is 0.00954. The van der Waals surface area contributed by atoms with Crippen LogP contribution < -0.4 is 0 Å². The summed E-state index contributed by atoms with van der Waals surface area (Å²) in [5, 5.41) is 10.4. The highest BCUT2D eigenvalue weighted by molar-refractivity contribution is 5.24. The number of rotatable bonds is 0. The van der Waals surface area contributed by atoms with Gasteiger partial charge >= 0.3 is 0 Å². The molecule has 90 valence electrons. The van der Waals surface area contributed by atoms with Crippen molar-refractivity contribution in [2.75, 3.05) is 0 Å². The summed E-state index contributed by atoms with van der Waals surface area (Å²) in [5.74, 6) is 0.544. The quantitative estimate of drug-likeness (QED) is 0.564. The third kappa shape index (κ3) is 3.89. The van der Waals surface area contributed by atoms with Crippen molar-refractivity contribution in [1.82, 2.24) is 0 Å². The van der Waals surface area contributed by atoms with Crippen LogP contribution in [0.1, 0.15) is 62.3 Å². The Bertz CT molecular complexity index is 235. The summed E-state index contributed by atoms with van der Waals surface area (Å²) < 4.78 is 0. The zero-order valence-corrected chi connectivity index (χ0v) is 11.9. The molecule has 15 heavy (non-hydrogen) atoms. The first kappa shape index (κ1) is 14.5. The Labute approximate surface area is 95.6 Å². The average Bonchev–Trinajstić information content (AvgIpc) is 1.76. The maximum atomic E-state index is 10.4. The molecule has 0 saturated carbocycles. The zero-order chi connectivity index (χ0) is 12.7. The van der Waals surface area contributed by atoms with Gasteiger partial charge in [0.15, 0.2) is 0 Å². The van der Waals surface area contributed by atoms with Gasteiger partial charge in [-0.15, -0.1) is 0 Å². The fraction of sp³-hybridized carbons (Fsp3) is 0.857. The smallest absolute Gasteiger partial charge is 0.0978 e. The summed E-state index contributed by atoms with van der Waals surface area (Å²) in [6, 6.07) is 0.